The molecular weight excluding hydrogens is 562 g/mol. The minimum atomic E-state index is -3.62. The van der Waals surface area contributed by atoms with E-state index >= 15 is 0 Å². The highest BCUT2D eigenvalue weighted by Crippen LogP contribution is 2.35. The van der Waals surface area contributed by atoms with Gasteiger partial charge in [0.2, 0.25) is 27.7 Å². The number of likely N-dealkylation sites (N-methyl/N-ethyl adjacent to an activating group) is 1. The first-order valence-electron chi connectivity index (χ1n) is 15.6. The lowest BCUT2D eigenvalue weighted by molar-refractivity contribution is -0.141. The fraction of sp³-hybridized carbons (Fsp3) is 0.897. The highest BCUT2D eigenvalue weighted by atomic mass is 32.2. The molecule has 42 heavy (non-hydrogen) atoms. The molecule has 0 aromatic heterocycles. The molecule has 0 heterocycles. The molecule has 0 radical (unpaired) electrons. The van der Waals surface area contributed by atoms with E-state index in [1.165, 1.54) is 12.1 Å². The first-order valence-corrected chi connectivity index (χ1v) is 17.2. The van der Waals surface area contributed by atoms with Crippen molar-refractivity contribution >= 4 is 27.7 Å². The molecule has 244 valence electrons. The third-order valence-corrected chi connectivity index (χ3v) is 10.5. The van der Waals surface area contributed by atoms with E-state index in [1.54, 1.807) is 18.7 Å². The Morgan fingerprint density at radius 3 is 2.02 bits per heavy atom. The second-order valence-corrected chi connectivity index (χ2v) is 14.9. The van der Waals surface area contributed by atoms with Gasteiger partial charge < -0.3 is 26.2 Å². The van der Waals surface area contributed by atoms with Gasteiger partial charge >= 0.3 is 0 Å². The maximum atomic E-state index is 13.7. The van der Waals surface area contributed by atoms with Crippen molar-refractivity contribution in [2.45, 2.75) is 115 Å². The smallest absolute Gasteiger partial charge is 0.226 e. The number of primary amides is 1. The number of carbonyl (C=O) groups excluding carboxylic acids is 3. The van der Waals surface area contributed by atoms with Gasteiger partial charge in [0.05, 0.1) is 23.5 Å². The Bertz CT molecular complexity index is 981. The molecule has 0 aliphatic heterocycles. The van der Waals surface area contributed by atoms with E-state index in [-0.39, 0.29) is 36.8 Å². The number of carbonyl (C=O) groups is 3. The number of nitrogens with one attached hydrogen (secondary N) is 2. The molecule has 0 aromatic rings. The minimum Gasteiger partial charge on any atom is -0.393 e. The Hall–Kier alpha value is -1.80. The molecule has 13 heteroatoms. The third-order valence-electron chi connectivity index (χ3n) is 8.69. The van der Waals surface area contributed by atoms with Gasteiger partial charge in [-0.3, -0.25) is 14.4 Å². The molecule has 0 saturated heterocycles. The van der Waals surface area contributed by atoms with Crippen LogP contribution in [0.15, 0.2) is 0 Å². The molecule has 12 nitrogen and oxygen atoms in total. The summed E-state index contributed by atoms with van der Waals surface area (Å²) in [6.07, 6.45) is 4.28. The number of hydrogen-bond donors (Lipinski definition) is 5. The maximum Gasteiger partial charge on any atom is 0.226 e. The summed E-state index contributed by atoms with van der Waals surface area (Å²) in [6, 6.07) is -0.691. The van der Waals surface area contributed by atoms with E-state index in [4.69, 9.17) is 5.73 Å². The number of nitrogens with zero attached hydrogens (tertiary/aromatic N) is 2. The molecule has 3 amide bonds. The van der Waals surface area contributed by atoms with Gasteiger partial charge in [-0.1, -0.05) is 13.8 Å². The number of hydrogen-bond acceptors (Lipinski definition) is 8. The number of aliphatic hydroxyl groups is 2. The molecule has 2 rings (SSSR count). The monoisotopic (exact) mass is 617 g/mol. The van der Waals surface area contributed by atoms with Crippen molar-refractivity contribution in [3.8, 4) is 0 Å². The quantitative estimate of drug-likeness (QED) is 0.160. The highest BCUT2D eigenvalue weighted by Gasteiger charge is 2.40. The van der Waals surface area contributed by atoms with Crippen LogP contribution in [0.25, 0.3) is 0 Å². The zero-order chi connectivity index (χ0) is 31.6. The van der Waals surface area contributed by atoms with Crippen molar-refractivity contribution in [2.24, 2.45) is 29.4 Å². The molecule has 5 unspecified atom stereocenters. The van der Waals surface area contributed by atoms with Crippen molar-refractivity contribution in [1.82, 2.24) is 20.1 Å². The summed E-state index contributed by atoms with van der Waals surface area (Å²) in [6.45, 7) is 8.27. The molecule has 0 spiro atoms. The van der Waals surface area contributed by atoms with Gasteiger partial charge in [-0.25, -0.2) is 13.4 Å². The average molecular weight is 618 g/mol. The molecule has 0 bridgehead atoms. The molecular formula is C29H55N5O7S. The van der Waals surface area contributed by atoms with Gasteiger partial charge in [0.25, 0.3) is 0 Å². The number of nitrogens with two attached hydrogens (primary N) is 1. The minimum absolute atomic E-state index is 0.0566. The lowest BCUT2D eigenvalue weighted by atomic mass is 9.73. The van der Waals surface area contributed by atoms with Crippen molar-refractivity contribution < 1.29 is 33.0 Å². The maximum absolute atomic E-state index is 13.7. The molecule has 0 aromatic carbocycles. The Morgan fingerprint density at radius 1 is 0.952 bits per heavy atom. The lowest BCUT2D eigenvalue weighted by Gasteiger charge is -2.37. The second kappa shape index (κ2) is 16.9. The standard InChI is InChI=1S/C29H55N5O7S/c1-6-12-34(13-7-2)29(39)23-16-21(27(30)37)15-22(17-23)28(38)31-25(14-20-8-10-24(35)11-9-20)26(36)18-33(5)32-42(40,41)19(3)4/h19-26,32,35-36H,6-18H2,1-5H3,(H2,30,37)(H,31,38). The van der Waals surface area contributed by atoms with Crippen LogP contribution in [0.4, 0.5) is 0 Å². The normalized spacial score (nSPS) is 26.5. The predicted octanol–water partition coefficient (Wildman–Crippen LogP) is 1.11. The zero-order valence-electron chi connectivity index (χ0n) is 26.1. The first-order chi connectivity index (χ1) is 19.7. The molecule has 2 aliphatic carbocycles. The van der Waals surface area contributed by atoms with Crippen molar-refractivity contribution in [3.63, 3.8) is 0 Å². The molecule has 6 N–H and O–H groups in total. The number of hydrazine groups is 1. The lowest BCUT2D eigenvalue weighted by Crippen LogP contribution is -2.54. The summed E-state index contributed by atoms with van der Waals surface area (Å²) in [7, 11) is -2.10. The van der Waals surface area contributed by atoms with Crippen LogP contribution in [0.3, 0.4) is 0 Å². The van der Waals surface area contributed by atoms with Gasteiger partial charge in [-0.2, -0.15) is 0 Å². The molecule has 2 fully saturated rings. The number of amides is 3. The van der Waals surface area contributed by atoms with Crippen LogP contribution in [0.5, 0.6) is 0 Å². The SMILES string of the molecule is CCCN(CCC)C(=O)C1CC(C(N)=O)CC(C(=O)NC(CC2CCC(O)CC2)C(O)CN(C)NS(=O)(=O)C(C)C)C1. The van der Waals surface area contributed by atoms with Crippen LogP contribution < -0.4 is 15.9 Å². The number of rotatable bonds is 16. The molecule has 2 saturated carbocycles. The Labute approximate surface area is 252 Å². The molecule has 5 atom stereocenters. The fourth-order valence-electron chi connectivity index (χ4n) is 6.22. The van der Waals surface area contributed by atoms with Crippen LogP contribution in [-0.2, 0) is 24.4 Å². The largest absolute Gasteiger partial charge is 0.393 e. The van der Waals surface area contributed by atoms with E-state index in [9.17, 15) is 33.0 Å². The summed E-state index contributed by atoms with van der Waals surface area (Å²) in [5, 5.41) is 24.8. The van der Waals surface area contributed by atoms with Gasteiger partial charge in [0.15, 0.2) is 0 Å². The highest BCUT2D eigenvalue weighted by molar-refractivity contribution is 7.90. The third kappa shape index (κ3) is 11.0. The summed E-state index contributed by atoms with van der Waals surface area (Å²) in [5.74, 6) is -2.49. The van der Waals surface area contributed by atoms with E-state index in [1.807, 2.05) is 13.8 Å². The van der Waals surface area contributed by atoms with Crippen LogP contribution in [0.1, 0.15) is 91.9 Å². The van der Waals surface area contributed by atoms with E-state index in [0.717, 1.165) is 25.7 Å². The number of aliphatic hydroxyl groups excluding tert-OH is 2. The van der Waals surface area contributed by atoms with Gasteiger partial charge in [0.1, 0.15) is 0 Å². The van der Waals surface area contributed by atoms with Gasteiger partial charge in [-0.15, -0.1) is 4.83 Å². The van der Waals surface area contributed by atoms with Crippen molar-refractivity contribution in [2.75, 3.05) is 26.7 Å². The van der Waals surface area contributed by atoms with Crippen LogP contribution in [0.2, 0.25) is 0 Å². The van der Waals surface area contributed by atoms with Gasteiger partial charge in [-0.05, 0) is 84.0 Å². The Morgan fingerprint density at radius 2 is 1.50 bits per heavy atom. The second-order valence-electron chi connectivity index (χ2n) is 12.7. The summed E-state index contributed by atoms with van der Waals surface area (Å²) in [5.41, 5.74) is 5.68. The van der Waals surface area contributed by atoms with Crippen molar-refractivity contribution in [1.29, 1.82) is 0 Å². The van der Waals surface area contributed by atoms with Crippen LogP contribution in [0, 0.1) is 23.7 Å². The van der Waals surface area contributed by atoms with Crippen molar-refractivity contribution in [3.05, 3.63) is 0 Å². The first kappa shape index (κ1) is 36.4. The van der Waals surface area contributed by atoms with E-state index in [2.05, 4.69) is 10.1 Å². The predicted molar refractivity (Wildman–Crippen MR) is 161 cm³/mol. The Balaban J connectivity index is 2.21. The van der Waals surface area contributed by atoms with Gasteiger partial charge in [0, 0.05) is 44.4 Å². The Kier molecular flexibility index (Phi) is 14.6. The topological polar surface area (TPSA) is 182 Å². The van der Waals surface area contributed by atoms with E-state index in [0.29, 0.717) is 45.2 Å². The summed E-state index contributed by atoms with van der Waals surface area (Å²) in [4.78, 5) is 43.6. The summed E-state index contributed by atoms with van der Waals surface area (Å²) < 4.78 is 24.7. The molecule has 2 aliphatic rings. The van der Waals surface area contributed by atoms with E-state index < -0.39 is 51.1 Å². The fourth-order valence-corrected chi connectivity index (χ4v) is 6.94. The van der Waals surface area contributed by atoms with Crippen LogP contribution >= 0.6 is 0 Å². The van der Waals surface area contributed by atoms with Crippen LogP contribution in [-0.4, -0.2) is 96.4 Å². The zero-order valence-corrected chi connectivity index (χ0v) is 26.9. The number of sulfonamides is 1. The average Bonchev–Trinajstić information content (AvgIpc) is 2.92. The summed E-state index contributed by atoms with van der Waals surface area (Å²) >= 11 is 0.